The summed E-state index contributed by atoms with van der Waals surface area (Å²) in [6.07, 6.45) is 10.9. The molecule has 0 unspecified atom stereocenters. The molecule has 11 nitrogen and oxygen atoms in total. The third-order valence-electron chi connectivity index (χ3n) is 6.59. The molecular formula is C26H33N7O4S. The highest BCUT2D eigenvalue weighted by molar-refractivity contribution is 7.18. The molecule has 4 heterocycles. The number of hydrogen-bond acceptors (Lipinski definition) is 11. The molecule has 202 valence electrons. The summed E-state index contributed by atoms with van der Waals surface area (Å²) in [6.45, 7) is 7.54. The van der Waals surface area contributed by atoms with Crippen molar-refractivity contribution in [1.82, 2.24) is 29.8 Å². The van der Waals surface area contributed by atoms with Crippen LogP contribution in [0.5, 0.6) is 6.01 Å². The van der Waals surface area contributed by atoms with Gasteiger partial charge in [-0.15, -0.1) is 0 Å². The summed E-state index contributed by atoms with van der Waals surface area (Å²) in [4.78, 5) is 36.6. The van der Waals surface area contributed by atoms with Crippen molar-refractivity contribution in [3.05, 3.63) is 36.4 Å². The van der Waals surface area contributed by atoms with Crippen LogP contribution in [0.15, 0.2) is 30.9 Å². The first-order valence-electron chi connectivity index (χ1n) is 12.7. The number of hydrogen-bond donors (Lipinski definition) is 1. The van der Waals surface area contributed by atoms with E-state index in [1.165, 1.54) is 16.2 Å². The minimum absolute atomic E-state index is 0.158. The lowest BCUT2D eigenvalue weighted by Gasteiger charge is -2.49. The first-order valence-corrected chi connectivity index (χ1v) is 13.5. The number of rotatable bonds is 7. The summed E-state index contributed by atoms with van der Waals surface area (Å²) in [5.74, 6) is 0.410. The summed E-state index contributed by atoms with van der Waals surface area (Å²) in [7, 11) is 1.68. The summed E-state index contributed by atoms with van der Waals surface area (Å²) in [5, 5.41) is 3.76. The van der Waals surface area contributed by atoms with Crippen molar-refractivity contribution in [3.63, 3.8) is 0 Å². The predicted octanol–water partition coefficient (Wildman–Crippen LogP) is 4.84. The molecule has 1 N–H and O–H groups in total. The van der Waals surface area contributed by atoms with Crippen LogP contribution in [-0.2, 0) is 16.0 Å². The third-order valence-corrected chi connectivity index (χ3v) is 7.52. The van der Waals surface area contributed by atoms with Gasteiger partial charge in [0.15, 0.2) is 5.13 Å². The molecule has 5 rings (SSSR count). The van der Waals surface area contributed by atoms with E-state index in [2.05, 4.69) is 30.2 Å². The monoisotopic (exact) mass is 539 g/mol. The molecular weight excluding hydrogens is 506 g/mol. The molecule has 1 aliphatic carbocycles. The van der Waals surface area contributed by atoms with Crippen LogP contribution in [0, 0.1) is 5.41 Å². The van der Waals surface area contributed by atoms with E-state index >= 15 is 0 Å². The number of nitrogens with zero attached hydrogens (tertiary/aromatic N) is 6. The van der Waals surface area contributed by atoms with Gasteiger partial charge in [-0.1, -0.05) is 11.3 Å². The molecule has 1 aliphatic heterocycles. The van der Waals surface area contributed by atoms with Gasteiger partial charge in [-0.3, -0.25) is 0 Å². The molecule has 1 saturated heterocycles. The molecule has 3 aromatic heterocycles. The average Bonchev–Trinajstić information content (AvgIpc) is 3.33. The Morgan fingerprint density at radius 2 is 1.89 bits per heavy atom. The molecule has 12 heteroatoms. The van der Waals surface area contributed by atoms with Gasteiger partial charge < -0.3 is 24.4 Å². The Labute approximate surface area is 226 Å². The van der Waals surface area contributed by atoms with Crippen molar-refractivity contribution in [1.29, 1.82) is 0 Å². The topological polar surface area (TPSA) is 124 Å². The Kier molecular flexibility index (Phi) is 7.44. The van der Waals surface area contributed by atoms with Crippen molar-refractivity contribution in [3.8, 4) is 16.6 Å². The smallest absolute Gasteiger partial charge is 0.410 e. The summed E-state index contributed by atoms with van der Waals surface area (Å²) in [6, 6.07) is 2.24. The SMILES string of the molecule is CN(Cc1cnc(Nc2ncc(-c3ccnc(OC4CC5(CCOCC5)C4)n3)s2)nc1)C(=O)OC(C)(C)C. The molecule has 1 amide bonds. The Hall–Kier alpha value is -3.38. The highest BCUT2D eigenvalue weighted by atomic mass is 32.1. The van der Waals surface area contributed by atoms with Crippen molar-refractivity contribution in [2.45, 2.75) is 64.7 Å². The Bertz CT molecular complexity index is 1250. The average molecular weight is 540 g/mol. The number of anilines is 2. The van der Waals surface area contributed by atoms with Gasteiger partial charge in [0.1, 0.15) is 11.7 Å². The van der Waals surface area contributed by atoms with E-state index in [-0.39, 0.29) is 6.10 Å². The van der Waals surface area contributed by atoms with Crippen LogP contribution in [0.1, 0.15) is 52.0 Å². The number of amides is 1. The van der Waals surface area contributed by atoms with Crippen LogP contribution in [0.25, 0.3) is 10.6 Å². The first kappa shape index (κ1) is 26.2. The van der Waals surface area contributed by atoms with Crippen molar-refractivity contribution in [2.75, 3.05) is 25.6 Å². The number of thiazole rings is 1. The Morgan fingerprint density at radius 1 is 1.16 bits per heavy atom. The quantitative estimate of drug-likeness (QED) is 0.446. The molecule has 3 aromatic rings. The molecule has 1 spiro atoms. The van der Waals surface area contributed by atoms with E-state index in [1.54, 1.807) is 31.8 Å². The second-order valence-corrected chi connectivity index (χ2v) is 11.9. The Morgan fingerprint density at radius 3 is 2.61 bits per heavy atom. The van der Waals surface area contributed by atoms with E-state index in [0.717, 1.165) is 55.0 Å². The van der Waals surface area contributed by atoms with Gasteiger partial charge in [0.2, 0.25) is 5.95 Å². The normalized spacial score (nSPS) is 17.1. The van der Waals surface area contributed by atoms with Crippen LogP contribution in [0.4, 0.5) is 15.9 Å². The maximum atomic E-state index is 12.2. The second-order valence-electron chi connectivity index (χ2n) is 10.9. The lowest BCUT2D eigenvalue weighted by molar-refractivity contribution is -0.0880. The minimum atomic E-state index is -0.548. The van der Waals surface area contributed by atoms with Gasteiger partial charge in [-0.2, -0.15) is 4.98 Å². The summed E-state index contributed by atoms with van der Waals surface area (Å²) >= 11 is 1.44. The van der Waals surface area contributed by atoms with E-state index in [0.29, 0.717) is 29.1 Å². The van der Waals surface area contributed by atoms with E-state index < -0.39 is 11.7 Å². The van der Waals surface area contributed by atoms with Crippen molar-refractivity contribution < 1.29 is 19.0 Å². The fraction of sp³-hybridized carbons (Fsp3) is 0.538. The standard InChI is InChI=1S/C26H33N7O4S/c1-25(2,3)37-24(34)33(4)16-17-13-28-21(29-14-17)32-23-30-15-20(38-23)19-5-8-27-22(31-19)36-18-11-26(12-18)6-9-35-10-7-26/h5,8,13-15,18H,6-7,9-12,16H2,1-4H3,(H,28,29,30,32). The van der Waals surface area contributed by atoms with Gasteiger partial charge in [-0.05, 0) is 57.9 Å². The minimum Gasteiger partial charge on any atom is -0.460 e. The highest BCUT2D eigenvalue weighted by Gasteiger charge is 2.46. The van der Waals surface area contributed by atoms with Crippen LogP contribution >= 0.6 is 11.3 Å². The van der Waals surface area contributed by atoms with Gasteiger partial charge in [-0.25, -0.2) is 24.7 Å². The lowest BCUT2D eigenvalue weighted by atomic mass is 9.62. The number of carbonyl (C=O) groups is 1. The molecule has 0 atom stereocenters. The number of ether oxygens (including phenoxy) is 3. The number of carbonyl (C=O) groups excluding carboxylic acids is 1. The molecule has 0 bridgehead atoms. The fourth-order valence-corrected chi connectivity index (χ4v) is 5.39. The number of aromatic nitrogens is 5. The molecule has 0 radical (unpaired) electrons. The van der Waals surface area contributed by atoms with E-state index in [9.17, 15) is 4.79 Å². The predicted molar refractivity (Wildman–Crippen MR) is 142 cm³/mol. The van der Waals surface area contributed by atoms with Crippen LogP contribution in [0.2, 0.25) is 0 Å². The van der Waals surface area contributed by atoms with Crippen LogP contribution < -0.4 is 10.1 Å². The maximum Gasteiger partial charge on any atom is 0.410 e. The zero-order valence-electron chi connectivity index (χ0n) is 22.1. The molecule has 2 fully saturated rings. The van der Waals surface area contributed by atoms with Gasteiger partial charge in [0, 0.05) is 50.6 Å². The summed E-state index contributed by atoms with van der Waals surface area (Å²) in [5.41, 5.74) is 1.37. The maximum absolute atomic E-state index is 12.2. The highest BCUT2D eigenvalue weighted by Crippen LogP contribution is 2.49. The van der Waals surface area contributed by atoms with Gasteiger partial charge >= 0.3 is 12.1 Å². The van der Waals surface area contributed by atoms with Gasteiger partial charge in [0.25, 0.3) is 0 Å². The third kappa shape index (κ3) is 6.54. The zero-order valence-corrected chi connectivity index (χ0v) is 23.0. The largest absolute Gasteiger partial charge is 0.460 e. The number of nitrogens with one attached hydrogen (secondary N) is 1. The second kappa shape index (κ2) is 10.8. The molecule has 0 aromatic carbocycles. The van der Waals surface area contributed by atoms with Crippen molar-refractivity contribution in [2.24, 2.45) is 5.41 Å². The summed E-state index contributed by atoms with van der Waals surface area (Å²) < 4.78 is 16.9. The first-order chi connectivity index (χ1) is 18.2. The molecule has 38 heavy (non-hydrogen) atoms. The van der Waals surface area contributed by atoms with E-state index in [1.807, 2.05) is 26.8 Å². The molecule has 2 aliphatic rings. The van der Waals surface area contributed by atoms with Crippen LogP contribution in [0.3, 0.4) is 0 Å². The fourth-order valence-electron chi connectivity index (χ4n) is 4.61. The van der Waals surface area contributed by atoms with E-state index in [4.69, 9.17) is 14.2 Å². The van der Waals surface area contributed by atoms with Gasteiger partial charge in [0.05, 0.1) is 17.1 Å². The molecule has 1 saturated carbocycles. The zero-order chi connectivity index (χ0) is 26.8. The van der Waals surface area contributed by atoms with Crippen LogP contribution in [-0.4, -0.2) is 67.9 Å². The lowest BCUT2D eigenvalue weighted by Crippen LogP contribution is -2.47. The Balaban J connectivity index is 1.15. The van der Waals surface area contributed by atoms with Crippen molar-refractivity contribution >= 4 is 28.5 Å².